The van der Waals surface area contributed by atoms with Crippen LogP contribution in [0.15, 0.2) is 24.3 Å². The molecule has 0 unspecified atom stereocenters. The molecule has 0 aliphatic carbocycles. The average molecular weight is 246 g/mol. The van der Waals surface area contributed by atoms with Crippen molar-refractivity contribution in [1.82, 2.24) is 0 Å². The van der Waals surface area contributed by atoms with Gasteiger partial charge in [-0.05, 0) is 26.0 Å². The van der Waals surface area contributed by atoms with Crippen LogP contribution in [-0.4, -0.2) is 18.0 Å². The highest BCUT2D eigenvalue weighted by Gasteiger charge is 2.36. The number of fused-ring (bicyclic) bond motifs is 1. The van der Waals surface area contributed by atoms with Crippen LogP contribution < -0.4 is 10.2 Å². The first-order valence-corrected chi connectivity index (χ1v) is 6.40. The van der Waals surface area contributed by atoms with Crippen LogP contribution in [0.5, 0.6) is 0 Å². The summed E-state index contributed by atoms with van der Waals surface area (Å²) < 4.78 is 0. The predicted octanol–water partition coefficient (Wildman–Crippen LogP) is 3.27. The quantitative estimate of drug-likeness (QED) is 0.762. The van der Waals surface area contributed by atoms with E-state index in [0.29, 0.717) is 6.54 Å². The molecule has 3 heteroatoms. The zero-order valence-corrected chi connectivity index (χ0v) is 11.9. The maximum atomic E-state index is 12.6. The van der Waals surface area contributed by atoms with Crippen molar-refractivity contribution in [2.24, 2.45) is 5.41 Å². The minimum atomic E-state index is -0.361. The summed E-state index contributed by atoms with van der Waals surface area (Å²) >= 11 is 0. The fraction of sp³-hybridized carbons (Fsp3) is 0.533. The fourth-order valence-corrected chi connectivity index (χ4v) is 2.29. The molecule has 3 nitrogen and oxygen atoms in total. The third-order valence-corrected chi connectivity index (χ3v) is 3.11. The number of carbonyl (C=O) groups excluding carboxylic acids is 1. The van der Waals surface area contributed by atoms with Gasteiger partial charge in [0.15, 0.2) is 0 Å². The molecule has 1 aromatic rings. The van der Waals surface area contributed by atoms with Crippen molar-refractivity contribution < 1.29 is 4.79 Å². The molecule has 0 radical (unpaired) electrons. The van der Waals surface area contributed by atoms with Crippen LogP contribution in [0, 0.1) is 5.41 Å². The fourth-order valence-electron chi connectivity index (χ4n) is 2.29. The van der Waals surface area contributed by atoms with Gasteiger partial charge in [-0.25, -0.2) is 0 Å². The van der Waals surface area contributed by atoms with E-state index in [1.54, 1.807) is 0 Å². The van der Waals surface area contributed by atoms with Crippen molar-refractivity contribution in [1.29, 1.82) is 0 Å². The first kappa shape index (κ1) is 12.9. The van der Waals surface area contributed by atoms with Gasteiger partial charge in [-0.1, -0.05) is 32.9 Å². The largest absolute Gasteiger partial charge is 0.377 e. The van der Waals surface area contributed by atoms with E-state index in [1.165, 1.54) is 0 Å². The summed E-state index contributed by atoms with van der Waals surface area (Å²) in [6, 6.07) is 8.00. The highest BCUT2D eigenvalue weighted by Crippen LogP contribution is 2.36. The van der Waals surface area contributed by atoms with Gasteiger partial charge < -0.3 is 10.2 Å². The van der Waals surface area contributed by atoms with Crippen LogP contribution in [-0.2, 0) is 4.79 Å². The average Bonchev–Trinajstić information content (AvgIpc) is 2.24. The van der Waals surface area contributed by atoms with Crippen LogP contribution in [0.1, 0.15) is 34.6 Å². The Hall–Kier alpha value is -1.51. The topological polar surface area (TPSA) is 32.3 Å². The molecular weight excluding hydrogens is 224 g/mol. The normalized spacial score (nSPS) is 17.9. The Kier molecular flexibility index (Phi) is 2.88. The van der Waals surface area contributed by atoms with Gasteiger partial charge >= 0.3 is 0 Å². The highest BCUT2D eigenvalue weighted by atomic mass is 16.2. The Labute approximate surface area is 109 Å². The van der Waals surface area contributed by atoms with Crippen LogP contribution in [0.25, 0.3) is 0 Å². The Morgan fingerprint density at radius 2 is 1.89 bits per heavy atom. The standard InChI is InChI=1S/C15H22N2O/c1-14(2,3)13(18)17-10-15(4,5)16-11-8-6-7-9-12(11)17/h6-9,16H,10H2,1-5H3. The number of amides is 1. The summed E-state index contributed by atoms with van der Waals surface area (Å²) in [7, 11) is 0. The van der Waals surface area contributed by atoms with E-state index < -0.39 is 0 Å². The van der Waals surface area contributed by atoms with E-state index in [0.717, 1.165) is 11.4 Å². The minimum Gasteiger partial charge on any atom is -0.377 e. The molecular formula is C15H22N2O. The number of benzene rings is 1. The zero-order chi connectivity index (χ0) is 13.6. The van der Waals surface area contributed by atoms with Crippen molar-refractivity contribution >= 4 is 17.3 Å². The van der Waals surface area contributed by atoms with E-state index in [-0.39, 0.29) is 16.9 Å². The molecule has 18 heavy (non-hydrogen) atoms. The van der Waals surface area contributed by atoms with Crippen LogP contribution in [0.3, 0.4) is 0 Å². The monoisotopic (exact) mass is 246 g/mol. The summed E-state index contributed by atoms with van der Waals surface area (Å²) in [4.78, 5) is 14.5. The minimum absolute atomic E-state index is 0.102. The Bertz CT molecular complexity index is 472. The van der Waals surface area contributed by atoms with Gasteiger partial charge in [0.25, 0.3) is 0 Å². The molecule has 1 heterocycles. The van der Waals surface area contributed by atoms with E-state index in [1.807, 2.05) is 49.9 Å². The van der Waals surface area contributed by atoms with Crippen molar-refractivity contribution in [2.45, 2.75) is 40.2 Å². The lowest BCUT2D eigenvalue weighted by Gasteiger charge is -2.42. The second-order valence-corrected chi connectivity index (χ2v) is 6.67. The Balaban J connectivity index is 2.45. The number of anilines is 2. The molecule has 0 saturated carbocycles. The van der Waals surface area contributed by atoms with Gasteiger partial charge in [-0.15, -0.1) is 0 Å². The highest BCUT2D eigenvalue weighted by molar-refractivity contribution is 6.00. The molecule has 1 aliphatic heterocycles. The molecule has 2 rings (SSSR count). The number of nitrogens with one attached hydrogen (secondary N) is 1. The molecule has 0 fully saturated rings. The summed E-state index contributed by atoms with van der Waals surface area (Å²) in [6.45, 7) is 10.8. The number of hydrogen-bond acceptors (Lipinski definition) is 2. The van der Waals surface area contributed by atoms with Crippen molar-refractivity contribution in [3.63, 3.8) is 0 Å². The van der Waals surface area contributed by atoms with E-state index in [9.17, 15) is 4.79 Å². The van der Waals surface area contributed by atoms with Gasteiger partial charge in [-0.2, -0.15) is 0 Å². The molecule has 1 N–H and O–H groups in total. The van der Waals surface area contributed by atoms with Gasteiger partial charge in [0.05, 0.1) is 11.4 Å². The van der Waals surface area contributed by atoms with Crippen molar-refractivity contribution in [2.75, 3.05) is 16.8 Å². The molecule has 1 aliphatic rings. The number of rotatable bonds is 0. The Morgan fingerprint density at radius 3 is 2.50 bits per heavy atom. The van der Waals surface area contributed by atoms with Gasteiger partial charge in [0.1, 0.15) is 0 Å². The van der Waals surface area contributed by atoms with Gasteiger partial charge in [0.2, 0.25) is 5.91 Å². The molecule has 0 spiro atoms. The van der Waals surface area contributed by atoms with E-state index >= 15 is 0 Å². The van der Waals surface area contributed by atoms with Gasteiger partial charge in [0, 0.05) is 17.5 Å². The predicted molar refractivity (Wildman–Crippen MR) is 76.0 cm³/mol. The van der Waals surface area contributed by atoms with Gasteiger partial charge in [-0.3, -0.25) is 4.79 Å². The molecule has 1 aromatic carbocycles. The lowest BCUT2D eigenvalue weighted by atomic mass is 9.91. The van der Waals surface area contributed by atoms with Crippen LogP contribution in [0.4, 0.5) is 11.4 Å². The molecule has 0 saturated heterocycles. The lowest BCUT2D eigenvalue weighted by molar-refractivity contribution is -0.126. The second-order valence-electron chi connectivity index (χ2n) is 6.67. The molecule has 0 aromatic heterocycles. The van der Waals surface area contributed by atoms with Crippen LogP contribution >= 0.6 is 0 Å². The second kappa shape index (κ2) is 4.01. The smallest absolute Gasteiger partial charge is 0.232 e. The molecule has 98 valence electrons. The summed E-state index contributed by atoms with van der Waals surface area (Å²) in [5.41, 5.74) is 1.55. The molecule has 0 atom stereocenters. The maximum Gasteiger partial charge on any atom is 0.232 e. The number of nitrogens with zero attached hydrogens (tertiary/aromatic N) is 1. The third kappa shape index (κ3) is 2.35. The Morgan fingerprint density at radius 1 is 1.28 bits per heavy atom. The number of para-hydroxylation sites is 2. The summed E-state index contributed by atoms with van der Waals surface area (Å²) in [6.07, 6.45) is 0. The number of carbonyl (C=O) groups is 1. The third-order valence-electron chi connectivity index (χ3n) is 3.11. The first-order chi connectivity index (χ1) is 8.21. The lowest BCUT2D eigenvalue weighted by Crippen LogP contribution is -2.53. The van der Waals surface area contributed by atoms with E-state index in [4.69, 9.17) is 0 Å². The first-order valence-electron chi connectivity index (χ1n) is 6.40. The number of hydrogen-bond donors (Lipinski definition) is 1. The molecule has 1 amide bonds. The van der Waals surface area contributed by atoms with Crippen molar-refractivity contribution in [3.8, 4) is 0 Å². The zero-order valence-electron chi connectivity index (χ0n) is 11.9. The van der Waals surface area contributed by atoms with Crippen LogP contribution in [0.2, 0.25) is 0 Å². The van der Waals surface area contributed by atoms with Crippen molar-refractivity contribution in [3.05, 3.63) is 24.3 Å². The summed E-state index contributed by atoms with van der Waals surface area (Å²) in [5, 5.41) is 3.48. The summed E-state index contributed by atoms with van der Waals surface area (Å²) in [5.74, 6) is 0.171. The SMILES string of the molecule is CC1(C)CN(C(=O)C(C)(C)C)c2ccccc2N1. The van der Waals surface area contributed by atoms with E-state index in [2.05, 4.69) is 19.2 Å². The molecule has 0 bridgehead atoms. The maximum absolute atomic E-state index is 12.6.